The van der Waals surface area contributed by atoms with Crippen LogP contribution in [0, 0.1) is 0 Å². The highest BCUT2D eigenvalue weighted by Crippen LogP contribution is 2.25. The summed E-state index contributed by atoms with van der Waals surface area (Å²) in [6.07, 6.45) is 2.46. The molecule has 0 amide bonds. The summed E-state index contributed by atoms with van der Waals surface area (Å²) >= 11 is 7.62. The van der Waals surface area contributed by atoms with Crippen LogP contribution < -0.4 is 5.56 Å². The standard InChI is InChI=1S/C16H19ClN2O2S/c1-10(2)19-15(20)13-6-5-11(17)8-14(13)18-16(19)22-9-12-4-3-7-21-12/h5-6,8,10,12H,3-4,7,9H2,1-2H3/t12-/m1/s1. The van der Waals surface area contributed by atoms with Crippen molar-refractivity contribution in [2.45, 2.75) is 44.0 Å². The number of halogens is 1. The maximum atomic E-state index is 12.7. The van der Waals surface area contributed by atoms with Crippen LogP contribution in [0.1, 0.15) is 32.7 Å². The summed E-state index contributed by atoms with van der Waals surface area (Å²) in [7, 11) is 0. The predicted octanol–water partition coefficient (Wildman–Crippen LogP) is 3.90. The van der Waals surface area contributed by atoms with Crippen molar-refractivity contribution in [3.63, 3.8) is 0 Å². The van der Waals surface area contributed by atoms with E-state index in [1.807, 2.05) is 13.8 Å². The number of benzene rings is 1. The zero-order valence-electron chi connectivity index (χ0n) is 12.7. The molecule has 4 nitrogen and oxygen atoms in total. The molecule has 1 saturated heterocycles. The molecule has 0 spiro atoms. The summed E-state index contributed by atoms with van der Waals surface area (Å²) in [5.41, 5.74) is 0.649. The Morgan fingerprint density at radius 1 is 1.50 bits per heavy atom. The van der Waals surface area contributed by atoms with Crippen molar-refractivity contribution in [3.05, 3.63) is 33.6 Å². The molecule has 2 aromatic rings. The van der Waals surface area contributed by atoms with E-state index in [4.69, 9.17) is 16.3 Å². The van der Waals surface area contributed by atoms with E-state index in [-0.39, 0.29) is 17.7 Å². The lowest BCUT2D eigenvalue weighted by atomic mass is 10.2. The lowest BCUT2D eigenvalue weighted by molar-refractivity contribution is 0.129. The third-order valence-corrected chi connectivity index (χ3v) is 5.09. The first-order chi connectivity index (χ1) is 10.6. The molecule has 1 atom stereocenters. The van der Waals surface area contributed by atoms with Gasteiger partial charge in [0.15, 0.2) is 5.16 Å². The van der Waals surface area contributed by atoms with Gasteiger partial charge in [-0.05, 0) is 44.9 Å². The summed E-state index contributed by atoms with van der Waals surface area (Å²) in [6.45, 7) is 4.84. The van der Waals surface area contributed by atoms with E-state index < -0.39 is 0 Å². The third kappa shape index (κ3) is 3.16. The third-order valence-electron chi connectivity index (χ3n) is 3.77. The van der Waals surface area contributed by atoms with Crippen molar-refractivity contribution < 1.29 is 4.74 Å². The summed E-state index contributed by atoms with van der Waals surface area (Å²) in [5, 5.41) is 1.95. The molecule has 6 heteroatoms. The number of hydrogen-bond acceptors (Lipinski definition) is 4. The van der Waals surface area contributed by atoms with Gasteiger partial charge in [0, 0.05) is 23.4 Å². The van der Waals surface area contributed by atoms with Crippen molar-refractivity contribution in [2.75, 3.05) is 12.4 Å². The summed E-state index contributed by atoms with van der Waals surface area (Å²) < 4.78 is 7.41. The van der Waals surface area contributed by atoms with Gasteiger partial charge >= 0.3 is 0 Å². The van der Waals surface area contributed by atoms with E-state index in [1.165, 1.54) is 0 Å². The minimum absolute atomic E-state index is 0.00786. The minimum atomic E-state index is -0.00786. The van der Waals surface area contributed by atoms with Crippen molar-refractivity contribution in [1.82, 2.24) is 9.55 Å². The summed E-state index contributed by atoms with van der Waals surface area (Å²) in [4.78, 5) is 17.4. The van der Waals surface area contributed by atoms with Crippen LogP contribution in [-0.2, 0) is 4.74 Å². The Balaban J connectivity index is 2.01. The molecular formula is C16H19ClN2O2S. The van der Waals surface area contributed by atoms with E-state index in [0.717, 1.165) is 30.4 Å². The maximum Gasteiger partial charge on any atom is 0.262 e. The Morgan fingerprint density at radius 3 is 3.00 bits per heavy atom. The van der Waals surface area contributed by atoms with Gasteiger partial charge in [0.2, 0.25) is 0 Å². The Labute approximate surface area is 138 Å². The molecule has 1 aliphatic heterocycles. The summed E-state index contributed by atoms with van der Waals surface area (Å²) in [5.74, 6) is 0.825. The minimum Gasteiger partial charge on any atom is -0.377 e. The highest BCUT2D eigenvalue weighted by molar-refractivity contribution is 7.99. The number of thioether (sulfide) groups is 1. The average molecular weight is 339 g/mol. The molecule has 1 aromatic heterocycles. The molecule has 2 heterocycles. The van der Waals surface area contributed by atoms with Crippen LogP contribution >= 0.6 is 23.4 Å². The summed E-state index contributed by atoms with van der Waals surface area (Å²) in [6, 6.07) is 5.29. The van der Waals surface area contributed by atoms with Gasteiger partial charge in [-0.2, -0.15) is 0 Å². The molecule has 118 valence electrons. The zero-order valence-corrected chi connectivity index (χ0v) is 14.3. The quantitative estimate of drug-likeness (QED) is 0.626. The van der Waals surface area contributed by atoms with Gasteiger partial charge in [0.05, 0.1) is 17.0 Å². The number of ether oxygens (including phenoxy) is 1. The second-order valence-corrected chi connectivity index (χ2v) is 7.19. The molecule has 0 aliphatic carbocycles. The average Bonchev–Trinajstić information content (AvgIpc) is 2.97. The first kappa shape index (κ1) is 15.8. The molecule has 0 bridgehead atoms. The van der Waals surface area contributed by atoms with Crippen molar-refractivity contribution in [3.8, 4) is 0 Å². The number of nitrogens with zero attached hydrogens (tertiary/aromatic N) is 2. The second-order valence-electron chi connectivity index (χ2n) is 5.77. The van der Waals surface area contributed by atoms with Crippen LogP contribution in [0.4, 0.5) is 0 Å². The fourth-order valence-electron chi connectivity index (χ4n) is 2.65. The lowest BCUT2D eigenvalue weighted by Crippen LogP contribution is -2.25. The Kier molecular flexibility index (Phi) is 4.76. The second kappa shape index (κ2) is 6.60. The van der Waals surface area contributed by atoms with E-state index >= 15 is 0 Å². The van der Waals surface area contributed by atoms with Gasteiger partial charge < -0.3 is 4.74 Å². The van der Waals surface area contributed by atoms with Crippen LogP contribution in [0.5, 0.6) is 0 Å². The van der Waals surface area contributed by atoms with Crippen molar-refractivity contribution in [2.24, 2.45) is 0 Å². The highest BCUT2D eigenvalue weighted by atomic mass is 35.5. The fraction of sp³-hybridized carbons (Fsp3) is 0.500. The molecule has 1 aliphatic rings. The first-order valence-electron chi connectivity index (χ1n) is 7.52. The molecule has 0 unspecified atom stereocenters. The maximum absolute atomic E-state index is 12.7. The Bertz CT molecular complexity index is 739. The topological polar surface area (TPSA) is 44.1 Å². The molecule has 0 radical (unpaired) electrons. The van der Waals surface area contributed by atoms with E-state index in [2.05, 4.69) is 4.98 Å². The van der Waals surface area contributed by atoms with Crippen LogP contribution in [0.15, 0.2) is 28.2 Å². The van der Waals surface area contributed by atoms with E-state index in [9.17, 15) is 4.79 Å². The fourth-order valence-corrected chi connectivity index (χ4v) is 4.01. The molecule has 22 heavy (non-hydrogen) atoms. The highest BCUT2D eigenvalue weighted by Gasteiger charge is 2.19. The van der Waals surface area contributed by atoms with E-state index in [1.54, 1.807) is 34.5 Å². The van der Waals surface area contributed by atoms with Crippen LogP contribution in [0.3, 0.4) is 0 Å². The number of fused-ring (bicyclic) bond motifs is 1. The molecular weight excluding hydrogens is 320 g/mol. The van der Waals surface area contributed by atoms with E-state index in [0.29, 0.717) is 15.9 Å². The Morgan fingerprint density at radius 2 is 2.32 bits per heavy atom. The van der Waals surface area contributed by atoms with Crippen molar-refractivity contribution >= 4 is 34.3 Å². The van der Waals surface area contributed by atoms with Crippen LogP contribution in [-0.4, -0.2) is 28.0 Å². The normalized spacial score (nSPS) is 18.5. The van der Waals surface area contributed by atoms with Gasteiger partial charge in [-0.15, -0.1) is 0 Å². The van der Waals surface area contributed by atoms with Gasteiger partial charge in [-0.25, -0.2) is 4.98 Å². The lowest BCUT2D eigenvalue weighted by Gasteiger charge is -2.17. The van der Waals surface area contributed by atoms with Gasteiger partial charge in [-0.1, -0.05) is 23.4 Å². The molecule has 1 fully saturated rings. The molecule has 0 N–H and O–H groups in total. The Hall–Kier alpha value is -1.04. The molecule has 0 saturated carbocycles. The SMILES string of the molecule is CC(C)n1c(SC[C@H]2CCCO2)nc2cc(Cl)ccc2c1=O. The van der Waals surface area contributed by atoms with Crippen LogP contribution in [0.2, 0.25) is 5.02 Å². The number of aromatic nitrogens is 2. The van der Waals surface area contributed by atoms with Gasteiger partial charge in [0.1, 0.15) is 0 Å². The monoisotopic (exact) mass is 338 g/mol. The zero-order chi connectivity index (χ0) is 15.7. The predicted molar refractivity (Wildman–Crippen MR) is 91.1 cm³/mol. The molecule has 3 rings (SSSR count). The largest absolute Gasteiger partial charge is 0.377 e. The number of rotatable bonds is 4. The molecule has 1 aromatic carbocycles. The number of hydrogen-bond donors (Lipinski definition) is 0. The first-order valence-corrected chi connectivity index (χ1v) is 8.89. The smallest absolute Gasteiger partial charge is 0.262 e. The van der Waals surface area contributed by atoms with Crippen LogP contribution in [0.25, 0.3) is 10.9 Å². The van der Waals surface area contributed by atoms with Crippen molar-refractivity contribution in [1.29, 1.82) is 0 Å². The van der Waals surface area contributed by atoms with Gasteiger partial charge in [0.25, 0.3) is 5.56 Å². The van der Waals surface area contributed by atoms with Gasteiger partial charge in [-0.3, -0.25) is 9.36 Å².